The first-order chi connectivity index (χ1) is 13.6. The van der Waals surface area contributed by atoms with E-state index in [2.05, 4.69) is 33.8 Å². The second-order valence-corrected chi connectivity index (χ2v) is 10.6. The lowest BCUT2D eigenvalue weighted by Crippen LogP contribution is -2.47. The first kappa shape index (κ1) is 20.6. The maximum absolute atomic E-state index is 13.0. The molecule has 158 valence electrons. The summed E-state index contributed by atoms with van der Waals surface area (Å²) in [5.74, 6) is 1.56. The first-order valence-corrected chi connectivity index (χ1v) is 11.2. The van der Waals surface area contributed by atoms with Crippen molar-refractivity contribution in [2.24, 2.45) is 40.4 Å². The van der Waals surface area contributed by atoms with Crippen LogP contribution < -0.4 is 0 Å². The Hall–Kier alpha value is -1.71. The van der Waals surface area contributed by atoms with E-state index in [1.54, 1.807) is 0 Å². The number of hydrogen-bond donors (Lipinski definition) is 0. The number of carbonyl (C=O) groups excluding carboxylic acids is 3. The van der Waals surface area contributed by atoms with Crippen LogP contribution >= 0.6 is 0 Å². The Labute approximate surface area is 174 Å². The van der Waals surface area contributed by atoms with E-state index in [0.717, 1.165) is 25.7 Å². The van der Waals surface area contributed by atoms with Crippen molar-refractivity contribution in [3.05, 3.63) is 23.3 Å². The summed E-state index contributed by atoms with van der Waals surface area (Å²) in [7, 11) is 0. The summed E-state index contributed by atoms with van der Waals surface area (Å²) in [5, 5.41) is 0. The van der Waals surface area contributed by atoms with Gasteiger partial charge in [-0.2, -0.15) is 0 Å². The van der Waals surface area contributed by atoms with Crippen LogP contribution in [0.3, 0.4) is 0 Å². The van der Waals surface area contributed by atoms with Crippen molar-refractivity contribution in [1.29, 1.82) is 0 Å². The highest BCUT2D eigenvalue weighted by Crippen LogP contribution is 2.66. The van der Waals surface area contributed by atoms with Crippen LogP contribution in [0.2, 0.25) is 0 Å². The smallest absolute Gasteiger partial charge is 0.303 e. The molecule has 4 heteroatoms. The van der Waals surface area contributed by atoms with Crippen LogP contribution in [0.4, 0.5) is 0 Å². The number of ether oxygens (including phenoxy) is 1. The Bertz CT molecular complexity index is 821. The molecular weight excluding hydrogens is 364 g/mol. The summed E-state index contributed by atoms with van der Waals surface area (Å²) < 4.78 is 5.07. The van der Waals surface area contributed by atoms with Gasteiger partial charge in [0.2, 0.25) is 0 Å². The van der Waals surface area contributed by atoms with Crippen LogP contribution in [-0.2, 0) is 19.1 Å². The standard InChI is InChI=1S/C25H34O4/c1-14-10-18-19(24(4)8-6-17(27)12-20(14)24)7-9-25(5)21(18)11-15(2)23(25)22(28)13-29-16(3)26/h7,12,14-15,18,21,23H,6,8-11,13H2,1-5H3/t14?,15-,18?,21?,23-,24-,25+/m1/s1. The third-order valence-electron chi connectivity index (χ3n) is 8.76. The van der Waals surface area contributed by atoms with Crippen molar-refractivity contribution in [2.45, 2.75) is 66.7 Å². The molecule has 2 fully saturated rings. The SMILES string of the molecule is CC(=O)OCC(=O)[C@H]1[C@H](C)CC2C3CC(C)C4=CC(=O)CC[C@]4(C)C3=CC[C@@]21C. The van der Waals surface area contributed by atoms with Crippen molar-refractivity contribution in [1.82, 2.24) is 0 Å². The average molecular weight is 399 g/mol. The molecule has 4 aliphatic carbocycles. The molecule has 0 N–H and O–H groups in total. The van der Waals surface area contributed by atoms with Gasteiger partial charge < -0.3 is 4.74 Å². The zero-order chi connectivity index (χ0) is 21.1. The topological polar surface area (TPSA) is 60.4 Å². The molecule has 0 aromatic rings. The van der Waals surface area contributed by atoms with Gasteiger partial charge in [0.1, 0.15) is 6.61 Å². The summed E-state index contributed by atoms with van der Waals surface area (Å²) in [6.07, 6.45) is 8.92. The maximum atomic E-state index is 13.0. The number of Topliss-reactive ketones (excluding diaryl/α,β-unsaturated/α-hetero) is 1. The highest BCUT2D eigenvalue weighted by atomic mass is 16.5. The summed E-state index contributed by atoms with van der Waals surface area (Å²) in [5.41, 5.74) is 2.78. The zero-order valence-electron chi connectivity index (χ0n) is 18.4. The number of esters is 1. The number of carbonyl (C=O) groups is 3. The third kappa shape index (κ3) is 3.05. The minimum Gasteiger partial charge on any atom is -0.458 e. The molecular formula is C25H34O4. The Morgan fingerprint density at radius 3 is 2.59 bits per heavy atom. The molecule has 0 aromatic carbocycles. The second kappa shape index (κ2) is 6.92. The maximum Gasteiger partial charge on any atom is 0.303 e. The van der Waals surface area contributed by atoms with Crippen LogP contribution in [-0.4, -0.2) is 24.1 Å². The fourth-order valence-corrected chi connectivity index (χ4v) is 7.59. The molecule has 4 nitrogen and oxygen atoms in total. The predicted molar refractivity (Wildman–Crippen MR) is 111 cm³/mol. The second-order valence-electron chi connectivity index (χ2n) is 10.6. The quantitative estimate of drug-likeness (QED) is 0.512. The molecule has 4 aliphatic rings. The van der Waals surface area contributed by atoms with Crippen molar-refractivity contribution < 1.29 is 19.1 Å². The van der Waals surface area contributed by atoms with E-state index in [9.17, 15) is 14.4 Å². The Kier molecular flexibility index (Phi) is 4.91. The fourth-order valence-electron chi connectivity index (χ4n) is 7.59. The van der Waals surface area contributed by atoms with E-state index >= 15 is 0 Å². The van der Waals surface area contributed by atoms with Gasteiger partial charge in [-0.05, 0) is 60.8 Å². The molecule has 0 aromatic heterocycles. The van der Waals surface area contributed by atoms with Crippen LogP contribution in [0, 0.1) is 40.4 Å². The van der Waals surface area contributed by atoms with Gasteiger partial charge in [0.05, 0.1) is 0 Å². The van der Waals surface area contributed by atoms with E-state index in [1.807, 2.05) is 6.08 Å². The highest BCUT2D eigenvalue weighted by Gasteiger charge is 2.60. The lowest BCUT2D eigenvalue weighted by molar-refractivity contribution is -0.148. The number of fused-ring (bicyclic) bond motifs is 5. The number of hydrogen-bond acceptors (Lipinski definition) is 4. The molecule has 29 heavy (non-hydrogen) atoms. The van der Waals surface area contributed by atoms with Gasteiger partial charge in [-0.15, -0.1) is 0 Å². The monoisotopic (exact) mass is 398 g/mol. The molecule has 3 unspecified atom stereocenters. The van der Waals surface area contributed by atoms with Gasteiger partial charge in [-0.1, -0.05) is 44.9 Å². The molecule has 0 amide bonds. The van der Waals surface area contributed by atoms with E-state index < -0.39 is 5.97 Å². The molecule has 0 heterocycles. The minimum absolute atomic E-state index is 0.000643. The Morgan fingerprint density at radius 2 is 1.90 bits per heavy atom. The molecule has 2 saturated carbocycles. The summed E-state index contributed by atoms with van der Waals surface area (Å²) in [4.78, 5) is 36.3. The van der Waals surface area contributed by atoms with E-state index in [1.165, 1.54) is 18.1 Å². The van der Waals surface area contributed by atoms with Crippen molar-refractivity contribution in [3.63, 3.8) is 0 Å². The van der Waals surface area contributed by atoms with Crippen molar-refractivity contribution in [2.75, 3.05) is 6.61 Å². The van der Waals surface area contributed by atoms with Crippen molar-refractivity contribution in [3.8, 4) is 0 Å². The Balaban J connectivity index is 1.68. The summed E-state index contributed by atoms with van der Waals surface area (Å²) in [6.45, 7) is 10.3. The van der Waals surface area contributed by atoms with Crippen LogP contribution in [0.25, 0.3) is 0 Å². The molecule has 0 bridgehead atoms. The minimum atomic E-state index is -0.392. The molecule has 7 atom stereocenters. The van der Waals surface area contributed by atoms with Crippen LogP contribution in [0.1, 0.15) is 66.7 Å². The van der Waals surface area contributed by atoms with Gasteiger partial charge in [-0.25, -0.2) is 0 Å². The molecule has 0 spiro atoms. The van der Waals surface area contributed by atoms with Crippen molar-refractivity contribution >= 4 is 17.5 Å². The number of ketones is 2. The average Bonchev–Trinajstić information content (AvgIpc) is 2.92. The number of allylic oxidation sites excluding steroid dienone is 4. The van der Waals surface area contributed by atoms with Gasteiger partial charge in [0.25, 0.3) is 0 Å². The number of rotatable bonds is 3. The lowest BCUT2D eigenvalue weighted by atomic mass is 9.49. The van der Waals surface area contributed by atoms with Gasteiger partial charge >= 0.3 is 5.97 Å². The molecule has 0 aliphatic heterocycles. The fraction of sp³-hybridized carbons (Fsp3) is 0.720. The largest absolute Gasteiger partial charge is 0.458 e. The summed E-state index contributed by atoms with van der Waals surface area (Å²) in [6, 6.07) is 0. The van der Waals surface area contributed by atoms with Gasteiger partial charge in [-0.3, -0.25) is 14.4 Å². The van der Waals surface area contributed by atoms with Crippen LogP contribution in [0.5, 0.6) is 0 Å². The third-order valence-corrected chi connectivity index (χ3v) is 8.76. The molecule has 0 radical (unpaired) electrons. The molecule has 4 rings (SSSR count). The van der Waals surface area contributed by atoms with Gasteiger partial charge in [0.15, 0.2) is 11.6 Å². The lowest BCUT2D eigenvalue weighted by Gasteiger charge is -2.55. The summed E-state index contributed by atoms with van der Waals surface area (Å²) >= 11 is 0. The molecule has 0 saturated heterocycles. The van der Waals surface area contributed by atoms with Crippen LogP contribution in [0.15, 0.2) is 23.3 Å². The Morgan fingerprint density at radius 1 is 1.17 bits per heavy atom. The normalized spacial score (nSPS) is 43.5. The first-order valence-electron chi connectivity index (χ1n) is 11.2. The van der Waals surface area contributed by atoms with E-state index in [-0.39, 0.29) is 34.9 Å². The highest BCUT2D eigenvalue weighted by molar-refractivity contribution is 5.92. The zero-order valence-corrected chi connectivity index (χ0v) is 18.4. The van der Waals surface area contributed by atoms with E-state index in [0.29, 0.717) is 30.1 Å². The van der Waals surface area contributed by atoms with E-state index in [4.69, 9.17) is 4.74 Å². The predicted octanol–water partition coefficient (Wildman–Crippen LogP) is 4.68. The van der Waals surface area contributed by atoms with Gasteiger partial charge in [0, 0.05) is 24.7 Å².